The van der Waals surface area contributed by atoms with Crippen LogP contribution >= 0.6 is 0 Å². The number of halogens is 1. The first-order chi connectivity index (χ1) is 17.1. The fourth-order valence-electron chi connectivity index (χ4n) is 3.95. The van der Waals surface area contributed by atoms with Crippen molar-refractivity contribution in [3.63, 3.8) is 0 Å². The molecule has 1 saturated heterocycles. The van der Waals surface area contributed by atoms with Gasteiger partial charge in [-0.05, 0) is 49.4 Å². The molecule has 4 aromatic rings. The molecule has 0 N–H and O–H groups in total. The maximum atomic E-state index is 13.7. The zero-order chi connectivity index (χ0) is 24.2. The van der Waals surface area contributed by atoms with Gasteiger partial charge in [-0.2, -0.15) is 4.68 Å². The van der Waals surface area contributed by atoms with Gasteiger partial charge < -0.3 is 19.3 Å². The summed E-state index contributed by atoms with van der Waals surface area (Å²) in [6.45, 7) is 4.68. The second-order valence-corrected chi connectivity index (χ2v) is 7.91. The first-order valence-electron chi connectivity index (χ1n) is 11.3. The Morgan fingerprint density at radius 3 is 2.46 bits per heavy atom. The number of carbonyl (C=O) groups excluding carboxylic acids is 1. The van der Waals surface area contributed by atoms with Gasteiger partial charge in [-0.25, -0.2) is 14.4 Å². The highest BCUT2D eigenvalue weighted by molar-refractivity contribution is 5.84. The Morgan fingerprint density at radius 1 is 1.00 bits per heavy atom. The van der Waals surface area contributed by atoms with Crippen LogP contribution in [0.4, 0.5) is 10.2 Å². The van der Waals surface area contributed by atoms with Crippen LogP contribution in [-0.2, 0) is 4.79 Å². The molecular formula is C24H24FN7O3. The highest BCUT2D eigenvalue weighted by Gasteiger charge is 2.25. The zero-order valence-corrected chi connectivity index (χ0v) is 19.2. The van der Waals surface area contributed by atoms with Crippen LogP contribution in [0.2, 0.25) is 0 Å². The summed E-state index contributed by atoms with van der Waals surface area (Å²) in [7, 11) is 0. The Bertz CT molecular complexity index is 1320. The van der Waals surface area contributed by atoms with Crippen LogP contribution in [0.15, 0.2) is 54.9 Å². The molecule has 1 aliphatic rings. The van der Waals surface area contributed by atoms with E-state index in [0.717, 1.165) is 5.75 Å². The van der Waals surface area contributed by atoms with E-state index >= 15 is 0 Å². The number of fused-ring (bicyclic) bond motifs is 1. The van der Waals surface area contributed by atoms with E-state index in [1.807, 2.05) is 24.0 Å². The van der Waals surface area contributed by atoms with Crippen LogP contribution in [-0.4, -0.2) is 75.2 Å². The number of benzene rings is 2. The molecule has 2 aromatic heterocycles. The normalized spacial score (nSPS) is 13.8. The molecule has 0 bridgehead atoms. The first-order valence-corrected chi connectivity index (χ1v) is 11.3. The minimum absolute atomic E-state index is 0.0340. The van der Waals surface area contributed by atoms with E-state index in [0.29, 0.717) is 61.2 Å². The maximum absolute atomic E-state index is 13.7. The lowest BCUT2D eigenvalue weighted by Gasteiger charge is -2.35. The number of piperazine rings is 1. The molecule has 0 aliphatic carbocycles. The number of hydrogen-bond donors (Lipinski definition) is 0. The summed E-state index contributed by atoms with van der Waals surface area (Å²) in [5.74, 6) is 1.56. The van der Waals surface area contributed by atoms with Crippen LogP contribution in [0, 0.1) is 5.82 Å². The number of ether oxygens (including phenoxy) is 2. The van der Waals surface area contributed by atoms with Gasteiger partial charge in [0.2, 0.25) is 0 Å². The molecule has 35 heavy (non-hydrogen) atoms. The number of anilines is 1. The molecule has 0 saturated carbocycles. The number of amides is 1. The zero-order valence-electron chi connectivity index (χ0n) is 19.2. The third-order valence-electron chi connectivity index (χ3n) is 5.70. The molecule has 0 radical (unpaired) electrons. The Hall–Kier alpha value is -4.28. The van der Waals surface area contributed by atoms with Gasteiger partial charge in [-0.15, -0.1) is 5.10 Å². The number of aromatic nitrogens is 5. The Balaban J connectivity index is 1.21. The highest BCUT2D eigenvalue weighted by atomic mass is 19.1. The van der Waals surface area contributed by atoms with Gasteiger partial charge in [-0.3, -0.25) is 4.79 Å². The molecule has 10 nitrogen and oxygen atoms in total. The van der Waals surface area contributed by atoms with E-state index in [1.165, 1.54) is 23.1 Å². The van der Waals surface area contributed by atoms with Crippen molar-refractivity contribution in [1.29, 1.82) is 0 Å². The Kier molecular flexibility index (Phi) is 6.38. The van der Waals surface area contributed by atoms with E-state index < -0.39 is 0 Å². The molecule has 0 spiro atoms. The fourth-order valence-corrected chi connectivity index (χ4v) is 3.95. The van der Waals surface area contributed by atoms with Crippen LogP contribution < -0.4 is 14.4 Å². The quantitative estimate of drug-likeness (QED) is 0.400. The minimum atomic E-state index is -0.368. The molecular weight excluding hydrogens is 453 g/mol. The summed E-state index contributed by atoms with van der Waals surface area (Å²) in [5.41, 5.74) is 1.54. The third-order valence-corrected chi connectivity index (χ3v) is 5.70. The van der Waals surface area contributed by atoms with Crippen molar-refractivity contribution in [1.82, 2.24) is 29.9 Å². The molecule has 0 atom stereocenters. The molecule has 11 heteroatoms. The first kappa shape index (κ1) is 22.5. The lowest BCUT2D eigenvalue weighted by molar-refractivity contribution is -0.133. The van der Waals surface area contributed by atoms with Crippen LogP contribution in [0.25, 0.3) is 16.9 Å². The average molecular weight is 478 g/mol. The molecule has 3 heterocycles. The molecule has 1 amide bonds. The second-order valence-electron chi connectivity index (χ2n) is 7.91. The summed E-state index contributed by atoms with van der Waals surface area (Å²) in [5, 5.41) is 8.41. The third kappa shape index (κ3) is 4.84. The Morgan fingerprint density at radius 2 is 1.74 bits per heavy atom. The van der Waals surface area contributed by atoms with Crippen LogP contribution in [0.3, 0.4) is 0 Å². The van der Waals surface area contributed by atoms with Crippen molar-refractivity contribution < 1.29 is 18.7 Å². The standard InChI is InChI=1S/C24H24FN7O3/c1-2-34-19-6-8-20(9-7-19)35-15-21(33)30-10-12-31(13-11-30)23-22-24(27-16-26-23)32(29-28-22)18-5-3-4-17(25)14-18/h3-9,14,16H,2,10-13,15H2,1H3. The molecule has 180 valence electrons. The smallest absolute Gasteiger partial charge is 0.260 e. The predicted molar refractivity (Wildman–Crippen MR) is 126 cm³/mol. The van der Waals surface area contributed by atoms with Crippen molar-refractivity contribution in [3.8, 4) is 17.2 Å². The largest absolute Gasteiger partial charge is 0.494 e. The lowest BCUT2D eigenvalue weighted by atomic mass is 10.3. The second kappa shape index (κ2) is 9.92. The van der Waals surface area contributed by atoms with E-state index in [-0.39, 0.29) is 18.3 Å². The van der Waals surface area contributed by atoms with Crippen molar-refractivity contribution in [2.24, 2.45) is 0 Å². The SMILES string of the molecule is CCOc1ccc(OCC(=O)N2CCN(c3ncnc4c3nnn4-c3cccc(F)c3)CC2)cc1. The predicted octanol–water partition coefficient (Wildman–Crippen LogP) is 2.48. The van der Waals surface area contributed by atoms with Gasteiger partial charge in [0.05, 0.1) is 12.3 Å². The summed E-state index contributed by atoms with van der Waals surface area (Å²) in [4.78, 5) is 25.2. The van der Waals surface area contributed by atoms with Gasteiger partial charge in [0.15, 0.2) is 23.6 Å². The molecule has 1 fully saturated rings. The topological polar surface area (TPSA) is 98.5 Å². The van der Waals surface area contributed by atoms with Gasteiger partial charge >= 0.3 is 0 Å². The number of rotatable bonds is 7. The van der Waals surface area contributed by atoms with Gasteiger partial charge in [-0.1, -0.05) is 11.3 Å². The molecule has 5 rings (SSSR count). The average Bonchev–Trinajstić information content (AvgIpc) is 3.33. The van der Waals surface area contributed by atoms with Crippen molar-refractivity contribution >= 4 is 22.9 Å². The maximum Gasteiger partial charge on any atom is 0.260 e. The number of nitrogens with zero attached hydrogens (tertiary/aromatic N) is 7. The van der Waals surface area contributed by atoms with Crippen molar-refractivity contribution in [2.45, 2.75) is 6.92 Å². The van der Waals surface area contributed by atoms with E-state index in [9.17, 15) is 9.18 Å². The van der Waals surface area contributed by atoms with Gasteiger partial charge in [0.1, 0.15) is 23.6 Å². The molecule has 1 aliphatic heterocycles. The van der Waals surface area contributed by atoms with Crippen molar-refractivity contribution in [3.05, 3.63) is 60.7 Å². The van der Waals surface area contributed by atoms with E-state index in [1.54, 1.807) is 29.2 Å². The van der Waals surface area contributed by atoms with Crippen LogP contribution in [0.1, 0.15) is 6.92 Å². The fraction of sp³-hybridized carbons (Fsp3) is 0.292. The molecule has 2 aromatic carbocycles. The highest BCUT2D eigenvalue weighted by Crippen LogP contribution is 2.24. The van der Waals surface area contributed by atoms with Gasteiger partial charge in [0, 0.05) is 26.2 Å². The van der Waals surface area contributed by atoms with E-state index in [2.05, 4.69) is 20.3 Å². The van der Waals surface area contributed by atoms with Gasteiger partial charge in [0.25, 0.3) is 5.91 Å². The van der Waals surface area contributed by atoms with Crippen LogP contribution in [0.5, 0.6) is 11.5 Å². The number of carbonyl (C=O) groups is 1. The molecule has 0 unspecified atom stereocenters. The monoisotopic (exact) mass is 477 g/mol. The van der Waals surface area contributed by atoms with E-state index in [4.69, 9.17) is 9.47 Å². The number of hydrogen-bond acceptors (Lipinski definition) is 8. The summed E-state index contributed by atoms with van der Waals surface area (Å²) in [6, 6.07) is 13.3. The summed E-state index contributed by atoms with van der Waals surface area (Å²) < 4.78 is 26.2. The minimum Gasteiger partial charge on any atom is -0.494 e. The summed E-state index contributed by atoms with van der Waals surface area (Å²) in [6.07, 6.45) is 1.44. The van der Waals surface area contributed by atoms with Crippen molar-refractivity contribution in [2.75, 3.05) is 44.3 Å². The lowest BCUT2D eigenvalue weighted by Crippen LogP contribution is -2.50. The summed E-state index contributed by atoms with van der Waals surface area (Å²) >= 11 is 0. The Labute approximate surface area is 200 Å².